The lowest BCUT2D eigenvalue weighted by Crippen LogP contribution is -2.58. The van der Waals surface area contributed by atoms with Crippen molar-refractivity contribution in [3.05, 3.63) is 67.8 Å². The molecule has 8 nitrogen and oxygen atoms in total. The molecule has 0 aliphatic carbocycles. The number of amides is 2. The van der Waals surface area contributed by atoms with Crippen molar-refractivity contribution in [2.75, 3.05) is 24.7 Å². The number of benzene rings is 2. The highest BCUT2D eigenvalue weighted by Crippen LogP contribution is 2.65. The molecule has 3 aliphatic heterocycles. The van der Waals surface area contributed by atoms with E-state index in [1.165, 1.54) is 4.90 Å². The number of hydrogen-bond donors (Lipinski definition) is 1. The van der Waals surface area contributed by atoms with Gasteiger partial charge in [0.1, 0.15) is 17.6 Å². The van der Waals surface area contributed by atoms with Crippen LogP contribution in [0.3, 0.4) is 0 Å². The Labute approximate surface area is 248 Å². The molecule has 3 aliphatic rings. The van der Waals surface area contributed by atoms with Gasteiger partial charge in [-0.25, -0.2) is 0 Å². The number of aliphatic hydroxyl groups excluding tert-OH is 1. The summed E-state index contributed by atoms with van der Waals surface area (Å²) in [6.07, 6.45) is 7.42. The van der Waals surface area contributed by atoms with E-state index in [0.29, 0.717) is 31.4 Å². The average Bonchev–Trinajstić information content (AvgIpc) is 3.62. The second kappa shape index (κ2) is 12.0. The molecule has 2 aromatic rings. The van der Waals surface area contributed by atoms with Crippen molar-refractivity contribution >= 4 is 34.2 Å². The molecule has 1 spiro atoms. The number of esters is 1. The Morgan fingerprint density at radius 1 is 1.17 bits per heavy atom. The van der Waals surface area contributed by atoms with Gasteiger partial charge in [-0.05, 0) is 68.4 Å². The standard InChI is InChI=1S/C34H42N2O6/c1-5-8-9-12-20-41-32(40)28-27-30(38)36(23(4)22-37)29(34(27)18-17-33(28,7-3)42-34)31(39)35(19-6-2)26-16-15-24-13-10-11-14-25(24)21-26/h5-6,10-11,13-16,21,23,27-29,37H,1-2,7-9,12,17-20,22H2,3-4H3/t23-,27+,28-,29?,33+,34?/m1/s1. The zero-order valence-corrected chi connectivity index (χ0v) is 24.7. The van der Waals surface area contributed by atoms with E-state index >= 15 is 0 Å². The average molecular weight is 575 g/mol. The summed E-state index contributed by atoms with van der Waals surface area (Å²) in [5.74, 6) is -2.78. The van der Waals surface area contributed by atoms with E-state index < -0.39 is 41.1 Å². The van der Waals surface area contributed by atoms with E-state index in [0.717, 1.165) is 23.6 Å². The molecule has 6 atom stereocenters. The van der Waals surface area contributed by atoms with Crippen molar-refractivity contribution in [3.8, 4) is 0 Å². The smallest absolute Gasteiger partial charge is 0.312 e. The van der Waals surface area contributed by atoms with Gasteiger partial charge in [0, 0.05) is 12.2 Å². The summed E-state index contributed by atoms with van der Waals surface area (Å²) < 4.78 is 12.6. The van der Waals surface area contributed by atoms with E-state index in [1.54, 1.807) is 17.9 Å². The molecule has 42 heavy (non-hydrogen) atoms. The molecule has 0 saturated carbocycles. The first-order chi connectivity index (χ1) is 20.3. The predicted molar refractivity (Wildman–Crippen MR) is 162 cm³/mol. The molecular formula is C34H42N2O6. The third-order valence-electron chi connectivity index (χ3n) is 9.52. The van der Waals surface area contributed by atoms with Crippen molar-refractivity contribution in [1.29, 1.82) is 0 Å². The largest absolute Gasteiger partial charge is 0.465 e. The van der Waals surface area contributed by atoms with Crippen LogP contribution in [-0.2, 0) is 23.9 Å². The number of anilines is 1. The number of nitrogens with zero attached hydrogens (tertiary/aromatic N) is 2. The number of hydrogen-bond acceptors (Lipinski definition) is 6. The van der Waals surface area contributed by atoms with Crippen LogP contribution in [0.4, 0.5) is 5.69 Å². The Morgan fingerprint density at radius 2 is 1.93 bits per heavy atom. The van der Waals surface area contributed by atoms with Gasteiger partial charge in [0.2, 0.25) is 5.91 Å². The third-order valence-corrected chi connectivity index (χ3v) is 9.52. The van der Waals surface area contributed by atoms with Crippen molar-refractivity contribution in [2.24, 2.45) is 11.8 Å². The van der Waals surface area contributed by atoms with Crippen LogP contribution in [0, 0.1) is 11.8 Å². The first kappa shape index (κ1) is 30.0. The fraction of sp³-hybridized carbons (Fsp3) is 0.500. The van der Waals surface area contributed by atoms with Crippen molar-refractivity contribution in [2.45, 2.75) is 75.7 Å². The second-order valence-electron chi connectivity index (χ2n) is 11.8. The third kappa shape index (κ3) is 4.74. The number of ether oxygens (including phenoxy) is 2. The molecular weight excluding hydrogens is 532 g/mol. The van der Waals surface area contributed by atoms with Crippen molar-refractivity contribution in [3.63, 3.8) is 0 Å². The topological polar surface area (TPSA) is 96.4 Å². The number of aliphatic hydroxyl groups is 1. The summed E-state index contributed by atoms with van der Waals surface area (Å²) in [4.78, 5) is 45.8. The minimum Gasteiger partial charge on any atom is -0.465 e. The number of likely N-dealkylation sites (tertiary alicyclic amines) is 1. The fourth-order valence-electron chi connectivity index (χ4n) is 7.45. The van der Waals surface area contributed by atoms with Crippen LogP contribution in [-0.4, -0.2) is 70.8 Å². The molecule has 0 radical (unpaired) electrons. The molecule has 2 bridgehead atoms. The predicted octanol–water partition coefficient (Wildman–Crippen LogP) is 4.79. The van der Waals surface area contributed by atoms with Gasteiger partial charge in [0.15, 0.2) is 0 Å². The molecule has 0 aromatic heterocycles. The molecule has 5 rings (SSSR count). The van der Waals surface area contributed by atoms with Crippen LogP contribution in [0.2, 0.25) is 0 Å². The summed E-state index contributed by atoms with van der Waals surface area (Å²) in [5.41, 5.74) is -1.40. The Hall–Kier alpha value is -3.49. The first-order valence-corrected chi connectivity index (χ1v) is 15.1. The molecule has 1 N–H and O–H groups in total. The SMILES string of the molecule is C=CCCCCOC(=O)[C@H]1[C@H]2C(=O)N([C@H](C)CO)C(C(=O)N(CC=C)c3ccc4ccccc4c3)C23CC[C@]1(CC)O3. The van der Waals surface area contributed by atoms with Gasteiger partial charge in [0.25, 0.3) is 5.91 Å². The molecule has 8 heteroatoms. The van der Waals surface area contributed by atoms with Crippen molar-refractivity contribution < 1.29 is 29.0 Å². The molecule has 224 valence electrons. The highest BCUT2D eigenvalue weighted by molar-refractivity contribution is 6.05. The maximum absolute atomic E-state index is 14.7. The van der Waals surface area contributed by atoms with Gasteiger partial charge >= 0.3 is 5.97 Å². The normalized spacial score (nSPS) is 28.5. The Kier molecular flexibility index (Phi) is 8.58. The zero-order valence-electron chi connectivity index (χ0n) is 24.7. The highest BCUT2D eigenvalue weighted by Gasteiger charge is 2.79. The van der Waals surface area contributed by atoms with Gasteiger partial charge in [-0.3, -0.25) is 14.4 Å². The molecule has 3 heterocycles. The van der Waals surface area contributed by atoms with Crippen molar-refractivity contribution in [1.82, 2.24) is 4.90 Å². The van der Waals surface area contributed by atoms with Crippen LogP contribution in [0.25, 0.3) is 10.8 Å². The monoisotopic (exact) mass is 574 g/mol. The lowest BCUT2D eigenvalue weighted by molar-refractivity contribution is -0.162. The maximum Gasteiger partial charge on any atom is 0.312 e. The molecule has 3 saturated heterocycles. The minimum absolute atomic E-state index is 0.221. The number of rotatable bonds is 13. The second-order valence-corrected chi connectivity index (χ2v) is 11.8. The van der Waals surface area contributed by atoms with Crippen LogP contribution >= 0.6 is 0 Å². The van der Waals surface area contributed by atoms with Crippen LogP contribution in [0.5, 0.6) is 0 Å². The quantitative estimate of drug-likeness (QED) is 0.210. The van der Waals surface area contributed by atoms with Gasteiger partial charge in [-0.1, -0.05) is 49.4 Å². The lowest BCUT2D eigenvalue weighted by Gasteiger charge is -2.38. The summed E-state index contributed by atoms with van der Waals surface area (Å²) >= 11 is 0. The van der Waals surface area contributed by atoms with Gasteiger partial charge < -0.3 is 24.4 Å². The van der Waals surface area contributed by atoms with E-state index in [1.807, 2.05) is 55.5 Å². The Bertz CT molecular complexity index is 1370. The number of allylic oxidation sites excluding steroid dienone is 1. The molecule has 2 amide bonds. The van der Waals surface area contributed by atoms with E-state index in [4.69, 9.17) is 9.47 Å². The lowest BCUT2D eigenvalue weighted by atomic mass is 9.65. The van der Waals surface area contributed by atoms with Crippen LogP contribution < -0.4 is 4.90 Å². The minimum atomic E-state index is -1.20. The highest BCUT2D eigenvalue weighted by atomic mass is 16.6. The molecule has 2 unspecified atom stereocenters. The summed E-state index contributed by atoms with van der Waals surface area (Å²) in [5, 5.41) is 12.2. The molecule has 2 aromatic carbocycles. The van der Waals surface area contributed by atoms with E-state index in [2.05, 4.69) is 13.2 Å². The van der Waals surface area contributed by atoms with Gasteiger partial charge in [0.05, 0.1) is 30.8 Å². The number of fused-ring (bicyclic) bond motifs is 2. The van der Waals surface area contributed by atoms with Crippen LogP contribution in [0.15, 0.2) is 67.8 Å². The zero-order chi connectivity index (χ0) is 30.1. The maximum atomic E-state index is 14.7. The number of carbonyl (C=O) groups excluding carboxylic acids is 3. The Morgan fingerprint density at radius 3 is 2.62 bits per heavy atom. The van der Waals surface area contributed by atoms with Crippen LogP contribution in [0.1, 0.15) is 52.4 Å². The first-order valence-electron chi connectivity index (χ1n) is 15.1. The molecule has 3 fully saturated rings. The number of unbranched alkanes of at least 4 members (excludes halogenated alkanes) is 2. The Balaban J connectivity index is 1.54. The van der Waals surface area contributed by atoms with E-state index in [9.17, 15) is 19.5 Å². The summed E-state index contributed by atoms with van der Waals surface area (Å²) in [7, 11) is 0. The summed E-state index contributed by atoms with van der Waals surface area (Å²) in [6, 6.07) is 12.1. The van der Waals surface area contributed by atoms with Gasteiger partial charge in [-0.2, -0.15) is 0 Å². The van der Waals surface area contributed by atoms with E-state index in [-0.39, 0.29) is 31.6 Å². The fourth-order valence-corrected chi connectivity index (χ4v) is 7.45. The number of carbonyl (C=O) groups is 3. The summed E-state index contributed by atoms with van der Waals surface area (Å²) in [6.45, 7) is 11.4. The van der Waals surface area contributed by atoms with Gasteiger partial charge in [-0.15, -0.1) is 13.2 Å².